The summed E-state index contributed by atoms with van der Waals surface area (Å²) in [6.45, 7) is 5.94. The van der Waals surface area contributed by atoms with Gasteiger partial charge in [0.15, 0.2) is 0 Å². The molecule has 5 rings (SSSR count). The average molecular weight is 422 g/mol. The van der Waals surface area contributed by atoms with E-state index in [0.717, 1.165) is 68.0 Å². The number of hydrogen-bond acceptors (Lipinski definition) is 9. The molecule has 0 spiro atoms. The molecule has 0 saturated carbocycles. The number of hydrogen-bond donors (Lipinski definition) is 0. The van der Waals surface area contributed by atoms with Gasteiger partial charge >= 0.3 is 6.01 Å². The van der Waals surface area contributed by atoms with Crippen LogP contribution in [0.15, 0.2) is 36.8 Å². The molecule has 4 heterocycles. The monoisotopic (exact) mass is 422 g/mol. The number of nitrogens with zero attached hydrogens (tertiary/aromatic N) is 6. The van der Waals surface area contributed by atoms with Crippen LogP contribution < -0.4 is 14.4 Å². The van der Waals surface area contributed by atoms with Crippen molar-refractivity contribution in [2.24, 2.45) is 0 Å². The zero-order valence-electron chi connectivity index (χ0n) is 17.6. The number of anilines is 1. The molecule has 2 aromatic heterocycles. The van der Waals surface area contributed by atoms with Crippen molar-refractivity contribution in [3.8, 4) is 11.9 Å². The Morgan fingerprint density at radius 2 is 2.00 bits per heavy atom. The number of aromatic nitrogens is 4. The van der Waals surface area contributed by atoms with E-state index in [1.807, 2.05) is 12.1 Å². The largest absolute Gasteiger partial charge is 0.471 e. The lowest BCUT2D eigenvalue weighted by atomic mass is 10.1. The number of ether oxygens (including phenoxy) is 3. The van der Waals surface area contributed by atoms with Crippen LogP contribution >= 0.6 is 0 Å². The molecule has 3 aromatic rings. The average Bonchev–Trinajstić information content (AvgIpc) is 3.33. The normalized spacial score (nSPS) is 19.6. The van der Waals surface area contributed by atoms with Crippen LogP contribution in [-0.4, -0.2) is 77.4 Å². The van der Waals surface area contributed by atoms with E-state index in [1.54, 1.807) is 19.6 Å². The van der Waals surface area contributed by atoms with Crippen LogP contribution in [0.1, 0.15) is 12.1 Å². The first-order valence-corrected chi connectivity index (χ1v) is 10.6. The summed E-state index contributed by atoms with van der Waals surface area (Å²) in [5.41, 5.74) is 3.03. The van der Waals surface area contributed by atoms with Gasteiger partial charge in [-0.05, 0) is 24.3 Å². The molecule has 0 radical (unpaired) electrons. The number of piperazine rings is 1. The molecule has 2 aliphatic heterocycles. The van der Waals surface area contributed by atoms with Crippen LogP contribution in [0.3, 0.4) is 0 Å². The van der Waals surface area contributed by atoms with Gasteiger partial charge in [-0.2, -0.15) is 4.98 Å². The lowest BCUT2D eigenvalue weighted by molar-refractivity contribution is 0.139. The van der Waals surface area contributed by atoms with Crippen molar-refractivity contribution in [2.75, 3.05) is 51.4 Å². The molecule has 0 bridgehead atoms. The maximum Gasteiger partial charge on any atom is 0.316 e. The SMILES string of the molecule is COc1nccc(CN2CCN(c3ccc4ncnc(OC5CCOC5)c4c3)CC2)n1. The molecular weight excluding hydrogens is 396 g/mol. The predicted octanol–water partition coefficient (Wildman–Crippen LogP) is 1.92. The summed E-state index contributed by atoms with van der Waals surface area (Å²) < 4.78 is 16.7. The Hall–Kier alpha value is -3.04. The summed E-state index contributed by atoms with van der Waals surface area (Å²) in [5.74, 6) is 0.638. The highest BCUT2D eigenvalue weighted by molar-refractivity contribution is 5.86. The van der Waals surface area contributed by atoms with Crippen molar-refractivity contribution < 1.29 is 14.2 Å². The Balaban J connectivity index is 1.27. The molecule has 2 saturated heterocycles. The van der Waals surface area contributed by atoms with Gasteiger partial charge in [-0.25, -0.2) is 15.0 Å². The third kappa shape index (κ3) is 4.52. The molecule has 2 aliphatic rings. The molecule has 9 heteroatoms. The lowest BCUT2D eigenvalue weighted by Gasteiger charge is -2.36. The van der Waals surface area contributed by atoms with Crippen molar-refractivity contribution in [2.45, 2.75) is 19.1 Å². The highest BCUT2D eigenvalue weighted by Crippen LogP contribution is 2.29. The highest BCUT2D eigenvalue weighted by atomic mass is 16.5. The van der Waals surface area contributed by atoms with Crippen LogP contribution in [0.5, 0.6) is 11.9 Å². The Morgan fingerprint density at radius 1 is 1.10 bits per heavy atom. The van der Waals surface area contributed by atoms with Gasteiger partial charge in [-0.3, -0.25) is 4.90 Å². The maximum absolute atomic E-state index is 6.11. The van der Waals surface area contributed by atoms with Gasteiger partial charge in [0.1, 0.15) is 12.4 Å². The van der Waals surface area contributed by atoms with E-state index in [-0.39, 0.29) is 6.10 Å². The summed E-state index contributed by atoms with van der Waals surface area (Å²) >= 11 is 0. The van der Waals surface area contributed by atoms with Crippen molar-refractivity contribution in [1.82, 2.24) is 24.8 Å². The fraction of sp³-hybridized carbons (Fsp3) is 0.455. The molecule has 0 aliphatic carbocycles. The third-order valence-electron chi connectivity index (χ3n) is 5.75. The second-order valence-corrected chi connectivity index (χ2v) is 7.78. The predicted molar refractivity (Wildman–Crippen MR) is 115 cm³/mol. The van der Waals surface area contributed by atoms with Gasteiger partial charge < -0.3 is 19.1 Å². The summed E-state index contributed by atoms with van der Waals surface area (Å²) in [6, 6.07) is 8.67. The Bertz CT molecular complexity index is 1030. The van der Waals surface area contributed by atoms with Gasteiger partial charge in [-0.1, -0.05) is 0 Å². The first-order valence-electron chi connectivity index (χ1n) is 10.6. The number of rotatable bonds is 6. The van der Waals surface area contributed by atoms with Gasteiger partial charge in [0, 0.05) is 51.0 Å². The molecule has 1 atom stereocenters. The minimum atomic E-state index is 0.0609. The molecule has 9 nitrogen and oxygen atoms in total. The van der Waals surface area contributed by atoms with Crippen molar-refractivity contribution in [1.29, 1.82) is 0 Å². The van der Waals surface area contributed by atoms with E-state index in [0.29, 0.717) is 18.5 Å². The number of benzene rings is 1. The molecule has 0 amide bonds. The first-order chi connectivity index (χ1) is 15.3. The van der Waals surface area contributed by atoms with Crippen molar-refractivity contribution in [3.63, 3.8) is 0 Å². The summed E-state index contributed by atoms with van der Waals surface area (Å²) in [4.78, 5) is 22.1. The molecule has 31 heavy (non-hydrogen) atoms. The Morgan fingerprint density at radius 3 is 2.81 bits per heavy atom. The first kappa shape index (κ1) is 19.9. The molecular formula is C22H26N6O3. The number of methoxy groups -OCH3 is 1. The van der Waals surface area contributed by atoms with Gasteiger partial charge in [0.2, 0.25) is 5.88 Å². The fourth-order valence-corrected chi connectivity index (χ4v) is 4.03. The smallest absolute Gasteiger partial charge is 0.316 e. The molecule has 1 unspecified atom stereocenters. The topological polar surface area (TPSA) is 85.7 Å². The van der Waals surface area contributed by atoms with Crippen LogP contribution in [0.2, 0.25) is 0 Å². The Kier molecular flexibility index (Phi) is 5.77. The van der Waals surface area contributed by atoms with E-state index in [9.17, 15) is 0 Å². The second kappa shape index (κ2) is 8.99. The molecule has 162 valence electrons. The number of fused-ring (bicyclic) bond motifs is 1. The van der Waals surface area contributed by atoms with Gasteiger partial charge in [0.25, 0.3) is 0 Å². The van der Waals surface area contributed by atoms with E-state index in [2.05, 4.69) is 41.9 Å². The van der Waals surface area contributed by atoms with Gasteiger partial charge in [-0.15, -0.1) is 0 Å². The molecule has 2 fully saturated rings. The summed E-state index contributed by atoms with van der Waals surface area (Å²) in [5, 5.41) is 0.947. The summed E-state index contributed by atoms with van der Waals surface area (Å²) in [6.07, 6.45) is 4.26. The van der Waals surface area contributed by atoms with Crippen LogP contribution in [-0.2, 0) is 11.3 Å². The van der Waals surface area contributed by atoms with Crippen LogP contribution in [0, 0.1) is 0 Å². The highest BCUT2D eigenvalue weighted by Gasteiger charge is 2.21. The Labute approximate surface area is 181 Å². The maximum atomic E-state index is 6.11. The fourth-order valence-electron chi connectivity index (χ4n) is 4.03. The van der Waals surface area contributed by atoms with E-state index < -0.39 is 0 Å². The zero-order chi connectivity index (χ0) is 21.0. The minimum absolute atomic E-state index is 0.0609. The van der Waals surface area contributed by atoms with Crippen LogP contribution in [0.25, 0.3) is 10.9 Å². The second-order valence-electron chi connectivity index (χ2n) is 7.78. The van der Waals surface area contributed by atoms with Gasteiger partial charge in [0.05, 0.1) is 36.9 Å². The third-order valence-corrected chi connectivity index (χ3v) is 5.75. The summed E-state index contributed by atoms with van der Waals surface area (Å²) in [7, 11) is 1.59. The standard InChI is InChI=1S/C22H26N6O3/c1-29-22-23-6-4-16(26-22)13-27-7-9-28(10-8-27)17-2-3-20-19(12-17)21(25-15-24-20)31-18-5-11-30-14-18/h2-4,6,12,15,18H,5,7-11,13-14H2,1H3. The molecule has 1 aromatic carbocycles. The lowest BCUT2D eigenvalue weighted by Crippen LogP contribution is -2.46. The van der Waals surface area contributed by atoms with Crippen LogP contribution in [0.4, 0.5) is 5.69 Å². The van der Waals surface area contributed by atoms with E-state index >= 15 is 0 Å². The molecule has 0 N–H and O–H groups in total. The zero-order valence-corrected chi connectivity index (χ0v) is 17.6. The van der Waals surface area contributed by atoms with E-state index in [1.165, 1.54) is 0 Å². The van der Waals surface area contributed by atoms with Crippen molar-refractivity contribution >= 4 is 16.6 Å². The van der Waals surface area contributed by atoms with Crippen molar-refractivity contribution in [3.05, 3.63) is 42.5 Å². The van der Waals surface area contributed by atoms with E-state index in [4.69, 9.17) is 14.2 Å². The minimum Gasteiger partial charge on any atom is -0.471 e. The quantitative estimate of drug-likeness (QED) is 0.591.